The second-order valence-electron chi connectivity index (χ2n) is 8.78. The largest absolute Gasteiger partial charge is 0.264 e. The number of hydrogen-bond donors (Lipinski definition) is 0. The second kappa shape index (κ2) is 5.30. The molecule has 4 aliphatic rings. The van der Waals surface area contributed by atoms with E-state index in [0.29, 0.717) is 11.3 Å². The van der Waals surface area contributed by atoms with E-state index in [4.69, 9.17) is 0 Å². The number of pyridine rings is 1. The Morgan fingerprint density at radius 3 is 2.92 bits per heavy atom. The van der Waals surface area contributed by atoms with Crippen molar-refractivity contribution < 1.29 is 0 Å². The zero-order valence-electron chi connectivity index (χ0n) is 15.3. The summed E-state index contributed by atoms with van der Waals surface area (Å²) in [4.78, 5) is 4.36. The van der Waals surface area contributed by atoms with Gasteiger partial charge >= 0.3 is 0 Å². The third-order valence-corrected chi connectivity index (χ3v) is 7.67. The minimum Gasteiger partial charge on any atom is -0.264 e. The fourth-order valence-electron chi connectivity index (χ4n) is 6.24. The summed E-state index contributed by atoms with van der Waals surface area (Å²) in [6.45, 7) is 5.01. The van der Waals surface area contributed by atoms with Crippen LogP contribution < -0.4 is 0 Å². The minimum atomic E-state index is 0.205. The molecule has 1 aromatic heterocycles. The molecule has 0 aliphatic heterocycles. The van der Waals surface area contributed by atoms with E-state index in [-0.39, 0.29) is 5.41 Å². The molecule has 0 saturated heterocycles. The Balaban J connectivity index is 1.53. The molecule has 5 rings (SSSR count). The monoisotopic (exact) mass is 329 g/mol. The van der Waals surface area contributed by atoms with Crippen molar-refractivity contribution in [2.45, 2.75) is 46.0 Å². The first-order valence-corrected chi connectivity index (χ1v) is 9.83. The summed E-state index contributed by atoms with van der Waals surface area (Å²) in [6.07, 6.45) is 22.5. The molecule has 0 bridgehead atoms. The van der Waals surface area contributed by atoms with Crippen LogP contribution in [0.5, 0.6) is 0 Å². The van der Waals surface area contributed by atoms with Gasteiger partial charge in [0.2, 0.25) is 0 Å². The van der Waals surface area contributed by atoms with E-state index in [1.54, 1.807) is 11.1 Å². The van der Waals surface area contributed by atoms with Crippen LogP contribution in [0, 0.1) is 22.7 Å². The molecule has 0 N–H and O–H groups in total. The molecule has 1 saturated carbocycles. The van der Waals surface area contributed by atoms with Gasteiger partial charge in [0, 0.05) is 17.8 Å². The van der Waals surface area contributed by atoms with Gasteiger partial charge in [0.1, 0.15) is 0 Å². The molecule has 0 aromatic carbocycles. The summed E-state index contributed by atoms with van der Waals surface area (Å²) >= 11 is 0. The first-order chi connectivity index (χ1) is 12.1. The molecular formula is C24H27N. The zero-order valence-corrected chi connectivity index (χ0v) is 15.3. The maximum absolute atomic E-state index is 4.36. The Hall–Kier alpha value is -1.89. The fraction of sp³-hybridized carbons (Fsp3) is 0.458. The second-order valence-corrected chi connectivity index (χ2v) is 8.78. The zero-order chi connectivity index (χ0) is 17.1. The maximum Gasteiger partial charge on any atom is 0.0343 e. The molecular weight excluding hydrogens is 302 g/mol. The van der Waals surface area contributed by atoms with Crippen molar-refractivity contribution in [3.8, 4) is 0 Å². The van der Waals surface area contributed by atoms with Crippen LogP contribution in [0.3, 0.4) is 0 Å². The van der Waals surface area contributed by atoms with Crippen molar-refractivity contribution in [2.24, 2.45) is 22.7 Å². The number of rotatable bonds is 1. The van der Waals surface area contributed by atoms with Gasteiger partial charge in [-0.15, -0.1) is 0 Å². The summed E-state index contributed by atoms with van der Waals surface area (Å²) < 4.78 is 0. The van der Waals surface area contributed by atoms with Crippen LogP contribution in [-0.4, -0.2) is 4.98 Å². The minimum absolute atomic E-state index is 0.205. The number of allylic oxidation sites excluding steroid dienone is 8. The molecule has 1 heterocycles. The number of hydrogen-bond acceptors (Lipinski definition) is 1. The molecule has 4 aliphatic carbocycles. The number of nitrogens with zero attached hydrogens (tertiary/aromatic N) is 1. The summed E-state index contributed by atoms with van der Waals surface area (Å²) in [6, 6.07) is 4.28. The van der Waals surface area contributed by atoms with Crippen LogP contribution >= 0.6 is 0 Å². The van der Waals surface area contributed by atoms with Crippen molar-refractivity contribution >= 4 is 5.57 Å². The van der Waals surface area contributed by atoms with Gasteiger partial charge in [-0.25, -0.2) is 0 Å². The molecule has 4 atom stereocenters. The Labute approximate surface area is 151 Å². The third kappa shape index (κ3) is 2.05. The predicted molar refractivity (Wildman–Crippen MR) is 104 cm³/mol. The van der Waals surface area contributed by atoms with Crippen molar-refractivity contribution in [3.05, 3.63) is 71.6 Å². The lowest BCUT2D eigenvalue weighted by Crippen LogP contribution is -2.45. The normalized spacial score (nSPS) is 38.9. The molecule has 25 heavy (non-hydrogen) atoms. The highest BCUT2D eigenvalue weighted by Gasteiger charge is 2.53. The predicted octanol–water partition coefficient (Wildman–Crippen LogP) is 6.12. The quantitative estimate of drug-likeness (QED) is 0.604. The van der Waals surface area contributed by atoms with Crippen LogP contribution in [0.25, 0.3) is 5.57 Å². The summed E-state index contributed by atoms with van der Waals surface area (Å²) in [5.74, 6) is 1.52. The number of aromatic nitrogens is 1. The number of fused-ring (bicyclic) bond motifs is 5. The van der Waals surface area contributed by atoms with Gasteiger partial charge < -0.3 is 0 Å². The van der Waals surface area contributed by atoms with Crippen LogP contribution in [0.4, 0.5) is 0 Å². The van der Waals surface area contributed by atoms with Crippen LogP contribution in [0.2, 0.25) is 0 Å². The highest BCUT2D eigenvalue weighted by Crippen LogP contribution is 2.64. The smallest absolute Gasteiger partial charge is 0.0343 e. The topological polar surface area (TPSA) is 12.9 Å². The van der Waals surface area contributed by atoms with E-state index < -0.39 is 0 Å². The Kier molecular flexibility index (Phi) is 3.26. The van der Waals surface area contributed by atoms with Gasteiger partial charge in [-0.2, -0.15) is 0 Å². The van der Waals surface area contributed by atoms with Gasteiger partial charge in [-0.3, -0.25) is 4.98 Å². The van der Waals surface area contributed by atoms with Crippen LogP contribution in [0.15, 0.2) is 66.1 Å². The highest BCUT2D eigenvalue weighted by atomic mass is 14.6. The molecule has 1 fully saturated rings. The Morgan fingerprint density at radius 1 is 1.16 bits per heavy atom. The van der Waals surface area contributed by atoms with E-state index in [2.05, 4.69) is 61.3 Å². The molecule has 128 valence electrons. The summed E-state index contributed by atoms with van der Waals surface area (Å²) in [7, 11) is 0. The van der Waals surface area contributed by atoms with E-state index >= 15 is 0 Å². The van der Waals surface area contributed by atoms with Gasteiger partial charge in [0.05, 0.1) is 0 Å². The molecule has 0 unspecified atom stereocenters. The van der Waals surface area contributed by atoms with Crippen molar-refractivity contribution in [3.63, 3.8) is 0 Å². The maximum atomic E-state index is 4.36. The van der Waals surface area contributed by atoms with E-state index in [1.165, 1.54) is 43.2 Å². The molecule has 1 aromatic rings. The van der Waals surface area contributed by atoms with Crippen molar-refractivity contribution in [1.82, 2.24) is 4.98 Å². The van der Waals surface area contributed by atoms with Crippen molar-refractivity contribution in [1.29, 1.82) is 0 Å². The van der Waals surface area contributed by atoms with Crippen LogP contribution in [-0.2, 0) is 0 Å². The highest BCUT2D eigenvalue weighted by molar-refractivity contribution is 5.78. The van der Waals surface area contributed by atoms with Gasteiger partial charge in [-0.1, -0.05) is 55.9 Å². The van der Waals surface area contributed by atoms with Crippen molar-refractivity contribution in [2.75, 3.05) is 0 Å². The molecule has 0 radical (unpaired) electrons. The summed E-state index contributed by atoms with van der Waals surface area (Å²) in [5, 5.41) is 0. The third-order valence-electron chi connectivity index (χ3n) is 7.67. The van der Waals surface area contributed by atoms with E-state index in [0.717, 1.165) is 5.92 Å². The van der Waals surface area contributed by atoms with Gasteiger partial charge in [0.25, 0.3) is 0 Å². The SMILES string of the molecule is C[C@]12CC[C@H]3[C@@H](CC=C4C=CCC[C@@]43C)C1=CC=C2c1cccnc1. The lowest BCUT2D eigenvalue weighted by molar-refractivity contribution is 0.0945. The molecule has 0 amide bonds. The first kappa shape index (κ1) is 15.4. The van der Waals surface area contributed by atoms with Gasteiger partial charge in [-0.05, 0) is 72.1 Å². The van der Waals surface area contributed by atoms with Crippen LogP contribution in [0.1, 0.15) is 51.5 Å². The van der Waals surface area contributed by atoms with E-state index in [1.807, 2.05) is 12.4 Å². The average molecular weight is 329 g/mol. The first-order valence-electron chi connectivity index (χ1n) is 9.83. The summed E-state index contributed by atoms with van der Waals surface area (Å²) in [5.41, 5.74) is 6.68. The molecule has 1 nitrogen and oxygen atoms in total. The average Bonchev–Trinajstić information content (AvgIpc) is 2.99. The fourth-order valence-corrected chi connectivity index (χ4v) is 6.24. The van der Waals surface area contributed by atoms with E-state index in [9.17, 15) is 0 Å². The lowest BCUT2D eigenvalue weighted by Gasteiger charge is -2.54. The Bertz CT molecular complexity index is 825. The lowest BCUT2D eigenvalue weighted by atomic mass is 9.50. The van der Waals surface area contributed by atoms with Gasteiger partial charge in [0.15, 0.2) is 0 Å². The Morgan fingerprint density at radius 2 is 2.08 bits per heavy atom. The molecule has 0 spiro atoms. The molecule has 1 heteroatoms. The standard InChI is InChI=1S/C24H27N/c1-23-13-4-3-7-18(23)8-9-19-21-11-10-20(17-6-5-15-25-16-17)24(21,2)14-12-22(19)23/h3,5-8,10-11,15-16,19,22H,4,9,12-14H2,1-2H3/t19-,22-,23-,24+/m0/s1.